The molecule has 0 heterocycles. The summed E-state index contributed by atoms with van der Waals surface area (Å²) in [4.78, 5) is 0. The quantitative estimate of drug-likeness (QED) is 0.761. The molecule has 66 valence electrons. The molecule has 0 aromatic heterocycles. The molecule has 1 unspecified atom stereocenters. The van der Waals surface area contributed by atoms with Gasteiger partial charge in [-0.1, -0.05) is 30.3 Å². The third-order valence-corrected chi connectivity index (χ3v) is 2.47. The molecule has 2 nitrogen and oxygen atoms in total. The predicted octanol–water partition coefficient (Wildman–Crippen LogP) is 1.06. The van der Waals surface area contributed by atoms with Crippen LogP contribution in [-0.4, -0.2) is 16.2 Å². The zero-order valence-corrected chi connectivity index (χ0v) is 7.88. The zero-order valence-electron chi connectivity index (χ0n) is 7.07. The van der Waals surface area contributed by atoms with Crippen LogP contribution in [0.5, 0.6) is 0 Å². The SMILES string of the molecule is CS(=O)C[C@H](N)c1ccccc1. The van der Waals surface area contributed by atoms with E-state index in [0.717, 1.165) is 5.56 Å². The molecular weight excluding hydrogens is 170 g/mol. The summed E-state index contributed by atoms with van der Waals surface area (Å²) in [6, 6.07) is 9.63. The van der Waals surface area contributed by atoms with E-state index < -0.39 is 10.8 Å². The molecule has 0 aliphatic heterocycles. The minimum absolute atomic E-state index is 0.1000. The lowest BCUT2D eigenvalue weighted by molar-refractivity contribution is 0.679. The first kappa shape index (κ1) is 9.42. The summed E-state index contributed by atoms with van der Waals surface area (Å²) < 4.78 is 10.9. The van der Waals surface area contributed by atoms with Crippen LogP contribution in [0.25, 0.3) is 0 Å². The van der Waals surface area contributed by atoms with Crippen LogP contribution in [0.2, 0.25) is 0 Å². The molecule has 2 N–H and O–H groups in total. The molecule has 0 saturated heterocycles. The first-order valence-corrected chi connectivity index (χ1v) is 5.53. The molecule has 0 spiro atoms. The smallest absolute Gasteiger partial charge is 0.0425 e. The number of rotatable bonds is 3. The lowest BCUT2D eigenvalue weighted by atomic mass is 10.1. The van der Waals surface area contributed by atoms with Gasteiger partial charge < -0.3 is 5.73 Å². The van der Waals surface area contributed by atoms with E-state index in [-0.39, 0.29) is 6.04 Å². The van der Waals surface area contributed by atoms with E-state index >= 15 is 0 Å². The van der Waals surface area contributed by atoms with Gasteiger partial charge in [0.25, 0.3) is 0 Å². The van der Waals surface area contributed by atoms with Crippen LogP contribution in [0, 0.1) is 0 Å². The van der Waals surface area contributed by atoms with Crippen LogP contribution in [0.1, 0.15) is 11.6 Å². The molecule has 0 fully saturated rings. The van der Waals surface area contributed by atoms with Crippen molar-refractivity contribution in [1.82, 2.24) is 0 Å². The van der Waals surface area contributed by atoms with Gasteiger partial charge in [-0.15, -0.1) is 0 Å². The van der Waals surface area contributed by atoms with Gasteiger partial charge in [-0.25, -0.2) is 0 Å². The van der Waals surface area contributed by atoms with Crippen molar-refractivity contribution in [2.45, 2.75) is 6.04 Å². The van der Waals surface area contributed by atoms with Crippen molar-refractivity contribution in [3.05, 3.63) is 35.9 Å². The average molecular weight is 183 g/mol. The van der Waals surface area contributed by atoms with E-state index in [9.17, 15) is 4.21 Å². The Hall–Kier alpha value is -0.670. The molecule has 0 aliphatic rings. The molecule has 12 heavy (non-hydrogen) atoms. The summed E-state index contributed by atoms with van der Waals surface area (Å²) in [6.45, 7) is 0. The van der Waals surface area contributed by atoms with Crippen molar-refractivity contribution < 1.29 is 4.21 Å². The molecule has 1 aromatic carbocycles. The van der Waals surface area contributed by atoms with Gasteiger partial charge in [-0.05, 0) is 5.56 Å². The van der Waals surface area contributed by atoms with E-state index in [2.05, 4.69) is 0 Å². The van der Waals surface area contributed by atoms with Crippen LogP contribution >= 0.6 is 0 Å². The van der Waals surface area contributed by atoms with Gasteiger partial charge in [0.05, 0.1) is 0 Å². The highest BCUT2D eigenvalue weighted by Gasteiger charge is 2.05. The lowest BCUT2D eigenvalue weighted by Crippen LogP contribution is -2.17. The van der Waals surface area contributed by atoms with Gasteiger partial charge in [0.1, 0.15) is 0 Å². The van der Waals surface area contributed by atoms with Gasteiger partial charge in [-0.3, -0.25) is 4.21 Å². The van der Waals surface area contributed by atoms with Crippen molar-refractivity contribution >= 4 is 10.8 Å². The Balaban J connectivity index is 2.65. The lowest BCUT2D eigenvalue weighted by Gasteiger charge is -2.08. The zero-order chi connectivity index (χ0) is 8.97. The van der Waals surface area contributed by atoms with E-state index in [4.69, 9.17) is 5.73 Å². The van der Waals surface area contributed by atoms with Gasteiger partial charge >= 0.3 is 0 Å². The Morgan fingerprint density at radius 1 is 1.42 bits per heavy atom. The van der Waals surface area contributed by atoms with Crippen LogP contribution in [-0.2, 0) is 10.8 Å². The minimum atomic E-state index is -0.821. The summed E-state index contributed by atoms with van der Waals surface area (Å²) in [6.07, 6.45) is 1.67. The van der Waals surface area contributed by atoms with Gasteiger partial charge in [-0.2, -0.15) is 0 Å². The molecule has 1 rings (SSSR count). The van der Waals surface area contributed by atoms with Crippen molar-refractivity contribution in [3.8, 4) is 0 Å². The average Bonchev–Trinajstić information content (AvgIpc) is 2.05. The molecule has 0 radical (unpaired) electrons. The first-order chi connectivity index (χ1) is 5.70. The molecular formula is C9H13NOS. The summed E-state index contributed by atoms with van der Waals surface area (Å²) in [5.41, 5.74) is 6.85. The second kappa shape index (κ2) is 4.38. The first-order valence-electron chi connectivity index (χ1n) is 3.80. The molecule has 1 aromatic rings. The van der Waals surface area contributed by atoms with E-state index in [0.29, 0.717) is 5.75 Å². The van der Waals surface area contributed by atoms with Crippen molar-refractivity contribution in [3.63, 3.8) is 0 Å². The van der Waals surface area contributed by atoms with Crippen LogP contribution in [0.4, 0.5) is 0 Å². The molecule has 0 saturated carbocycles. The van der Waals surface area contributed by atoms with E-state index in [1.807, 2.05) is 30.3 Å². The summed E-state index contributed by atoms with van der Waals surface area (Å²) >= 11 is 0. The largest absolute Gasteiger partial charge is 0.323 e. The van der Waals surface area contributed by atoms with Gasteiger partial charge in [0.15, 0.2) is 0 Å². The second-order valence-electron chi connectivity index (χ2n) is 2.76. The topological polar surface area (TPSA) is 43.1 Å². The third-order valence-electron chi connectivity index (χ3n) is 1.64. The maximum absolute atomic E-state index is 10.9. The third kappa shape index (κ3) is 2.75. The predicted molar refractivity (Wildman–Crippen MR) is 52.3 cm³/mol. The number of hydrogen-bond acceptors (Lipinski definition) is 2. The van der Waals surface area contributed by atoms with Crippen LogP contribution < -0.4 is 5.73 Å². The van der Waals surface area contributed by atoms with Crippen molar-refractivity contribution in [2.75, 3.05) is 12.0 Å². The molecule has 0 bridgehead atoms. The van der Waals surface area contributed by atoms with E-state index in [1.54, 1.807) is 6.26 Å². The fourth-order valence-corrected chi connectivity index (χ4v) is 1.75. The molecule has 0 amide bonds. The Labute approximate surface area is 75.2 Å². The number of benzene rings is 1. The summed E-state index contributed by atoms with van der Waals surface area (Å²) in [5, 5.41) is 0. The van der Waals surface area contributed by atoms with Crippen LogP contribution in [0.15, 0.2) is 30.3 Å². The molecule has 0 aliphatic carbocycles. The fourth-order valence-electron chi connectivity index (χ4n) is 1.05. The van der Waals surface area contributed by atoms with Crippen LogP contribution in [0.3, 0.4) is 0 Å². The maximum atomic E-state index is 10.9. The van der Waals surface area contributed by atoms with Crippen molar-refractivity contribution in [1.29, 1.82) is 0 Å². The van der Waals surface area contributed by atoms with Crippen molar-refractivity contribution in [2.24, 2.45) is 5.73 Å². The van der Waals surface area contributed by atoms with Gasteiger partial charge in [0.2, 0.25) is 0 Å². The Morgan fingerprint density at radius 3 is 2.50 bits per heavy atom. The monoisotopic (exact) mass is 183 g/mol. The Kier molecular flexibility index (Phi) is 3.44. The fraction of sp³-hybridized carbons (Fsp3) is 0.333. The molecule has 3 heteroatoms. The minimum Gasteiger partial charge on any atom is -0.323 e. The normalized spacial score (nSPS) is 15.5. The maximum Gasteiger partial charge on any atom is 0.0425 e. The van der Waals surface area contributed by atoms with Gasteiger partial charge in [0, 0.05) is 28.9 Å². The highest BCUT2D eigenvalue weighted by molar-refractivity contribution is 7.84. The number of hydrogen-bond donors (Lipinski definition) is 1. The Bertz CT molecular complexity index is 260. The molecule has 2 atom stereocenters. The summed E-state index contributed by atoms with van der Waals surface area (Å²) in [5.74, 6) is 0.532. The standard InChI is InChI=1S/C9H13NOS/c1-12(11)7-9(10)8-5-3-2-4-6-8/h2-6,9H,7,10H2,1H3/t9-,12?/m0/s1. The summed E-state index contributed by atoms with van der Waals surface area (Å²) in [7, 11) is -0.821. The van der Waals surface area contributed by atoms with E-state index in [1.165, 1.54) is 0 Å². The highest BCUT2D eigenvalue weighted by Crippen LogP contribution is 2.09. The highest BCUT2D eigenvalue weighted by atomic mass is 32.2. The second-order valence-corrected chi connectivity index (χ2v) is 4.24. The Morgan fingerprint density at radius 2 is 2.00 bits per heavy atom. The number of nitrogens with two attached hydrogens (primary N) is 1.